The summed E-state index contributed by atoms with van der Waals surface area (Å²) in [5.74, 6) is -0.623. The molecule has 0 fully saturated rings. The topological polar surface area (TPSA) is 128 Å². The molecule has 0 radical (unpaired) electrons. The fourth-order valence-electron chi connectivity index (χ4n) is 2.78. The molecule has 1 heterocycles. The molecule has 3 aromatic rings. The maximum absolute atomic E-state index is 12.9. The van der Waals surface area contributed by atoms with Gasteiger partial charge in [-0.15, -0.1) is 0 Å². The highest BCUT2D eigenvalue weighted by molar-refractivity contribution is 6.33. The highest BCUT2D eigenvalue weighted by atomic mass is 35.5. The number of nitrogens with one attached hydrogen (secondary N) is 2. The van der Waals surface area contributed by atoms with Crippen LogP contribution in [0.4, 0.5) is 35.2 Å². The minimum atomic E-state index is -4.58. The summed E-state index contributed by atoms with van der Waals surface area (Å²) in [4.78, 5) is 23.9. The van der Waals surface area contributed by atoms with E-state index < -0.39 is 23.7 Å². The van der Waals surface area contributed by atoms with E-state index in [9.17, 15) is 22.8 Å². The number of nitrogen functional groups attached to an aromatic ring is 1. The van der Waals surface area contributed by atoms with Crippen LogP contribution in [0.25, 0.3) is 11.3 Å². The predicted molar refractivity (Wildman–Crippen MR) is 111 cm³/mol. The second-order valence-electron chi connectivity index (χ2n) is 6.45. The lowest BCUT2D eigenvalue weighted by Gasteiger charge is -2.12. The molecule has 0 saturated heterocycles. The molecular formula is C19H16ClF3N6O2. The van der Waals surface area contributed by atoms with Gasteiger partial charge in [-0.3, -0.25) is 9.48 Å². The smallest absolute Gasteiger partial charge is 0.383 e. The molecule has 162 valence electrons. The number of nitrogens with two attached hydrogens (primary N) is 2. The van der Waals surface area contributed by atoms with E-state index in [0.29, 0.717) is 11.3 Å². The fourth-order valence-corrected chi connectivity index (χ4v) is 2.94. The summed E-state index contributed by atoms with van der Waals surface area (Å²) < 4.78 is 39.9. The van der Waals surface area contributed by atoms with Crippen molar-refractivity contribution in [3.63, 3.8) is 0 Å². The van der Waals surface area contributed by atoms with E-state index in [4.69, 9.17) is 23.1 Å². The van der Waals surface area contributed by atoms with Crippen LogP contribution in [0.15, 0.2) is 42.5 Å². The molecule has 0 atom stereocenters. The number of hydrogen-bond donors (Lipinski definition) is 4. The summed E-state index contributed by atoms with van der Waals surface area (Å²) in [6.07, 6.45) is -4.58. The molecule has 12 heteroatoms. The van der Waals surface area contributed by atoms with Crippen LogP contribution in [0.3, 0.4) is 0 Å². The van der Waals surface area contributed by atoms with Crippen LogP contribution < -0.4 is 22.1 Å². The van der Waals surface area contributed by atoms with E-state index in [1.165, 1.54) is 16.8 Å². The zero-order chi connectivity index (χ0) is 22.9. The number of aryl methyl sites for hydroxylation is 1. The normalized spacial score (nSPS) is 11.3. The second kappa shape index (κ2) is 8.19. The van der Waals surface area contributed by atoms with Gasteiger partial charge in [-0.1, -0.05) is 23.7 Å². The van der Waals surface area contributed by atoms with Gasteiger partial charge in [0.15, 0.2) is 0 Å². The van der Waals surface area contributed by atoms with Gasteiger partial charge in [0.2, 0.25) is 0 Å². The van der Waals surface area contributed by atoms with Gasteiger partial charge >= 0.3 is 12.2 Å². The van der Waals surface area contributed by atoms with Gasteiger partial charge in [0, 0.05) is 18.3 Å². The number of carbonyl (C=O) groups is 2. The van der Waals surface area contributed by atoms with E-state index in [0.717, 1.165) is 18.2 Å². The van der Waals surface area contributed by atoms with Crippen molar-refractivity contribution in [2.75, 3.05) is 16.4 Å². The van der Waals surface area contributed by atoms with Crippen LogP contribution in [0.5, 0.6) is 0 Å². The Morgan fingerprint density at radius 1 is 1.10 bits per heavy atom. The molecule has 1 aromatic heterocycles. The SMILES string of the molecule is Cn1nc(-c2ccc(NC(=O)Nc3cc(C(F)(F)F)ccc3Cl)cc2)c(C(N)=O)c1N. The number of carbonyl (C=O) groups excluding carboxylic acids is 2. The van der Waals surface area contributed by atoms with Gasteiger partial charge in [0.05, 0.1) is 16.3 Å². The highest BCUT2D eigenvalue weighted by Gasteiger charge is 2.31. The van der Waals surface area contributed by atoms with E-state index in [-0.39, 0.29) is 27.8 Å². The van der Waals surface area contributed by atoms with E-state index in [1.807, 2.05) is 0 Å². The van der Waals surface area contributed by atoms with E-state index in [2.05, 4.69) is 15.7 Å². The lowest BCUT2D eigenvalue weighted by molar-refractivity contribution is -0.137. The largest absolute Gasteiger partial charge is 0.416 e. The Bertz CT molecular complexity index is 1160. The van der Waals surface area contributed by atoms with Crippen molar-refractivity contribution in [1.82, 2.24) is 9.78 Å². The number of aromatic nitrogens is 2. The molecule has 0 spiro atoms. The summed E-state index contributed by atoms with van der Waals surface area (Å²) in [6, 6.07) is 7.97. The van der Waals surface area contributed by atoms with Gasteiger partial charge in [0.1, 0.15) is 17.1 Å². The number of amides is 3. The molecule has 0 aliphatic rings. The van der Waals surface area contributed by atoms with Gasteiger partial charge in [-0.25, -0.2) is 4.79 Å². The Morgan fingerprint density at radius 2 is 1.74 bits per heavy atom. The zero-order valence-corrected chi connectivity index (χ0v) is 16.7. The van der Waals surface area contributed by atoms with Crippen molar-refractivity contribution >= 4 is 40.7 Å². The number of primary amides is 1. The lowest BCUT2D eigenvalue weighted by atomic mass is 10.1. The summed E-state index contributed by atoms with van der Waals surface area (Å²) in [5.41, 5.74) is 11.2. The third kappa shape index (κ3) is 4.72. The monoisotopic (exact) mass is 452 g/mol. The van der Waals surface area contributed by atoms with Crippen LogP contribution in [0, 0.1) is 0 Å². The summed E-state index contributed by atoms with van der Waals surface area (Å²) >= 11 is 5.87. The van der Waals surface area contributed by atoms with Crippen molar-refractivity contribution in [3.05, 3.63) is 58.6 Å². The number of nitrogens with zero attached hydrogens (tertiary/aromatic N) is 2. The van der Waals surface area contributed by atoms with Crippen molar-refractivity contribution in [2.24, 2.45) is 12.8 Å². The molecule has 2 aromatic carbocycles. The van der Waals surface area contributed by atoms with Crippen LogP contribution in [-0.4, -0.2) is 21.7 Å². The Hall–Kier alpha value is -3.73. The number of hydrogen-bond acceptors (Lipinski definition) is 4. The average Bonchev–Trinajstić information content (AvgIpc) is 2.98. The highest BCUT2D eigenvalue weighted by Crippen LogP contribution is 2.34. The summed E-state index contributed by atoms with van der Waals surface area (Å²) in [6.45, 7) is 0. The molecule has 0 unspecified atom stereocenters. The van der Waals surface area contributed by atoms with Crippen LogP contribution >= 0.6 is 11.6 Å². The third-order valence-corrected chi connectivity index (χ3v) is 4.63. The Morgan fingerprint density at radius 3 is 2.32 bits per heavy atom. The summed E-state index contributed by atoms with van der Waals surface area (Å²) in [5, 5.41) is 8.87. The first-order valence-electron chi connectivity index (χ1n) is 8.65. The minimum Gasteiger partial charge on any atom is -0.383 e. The van der Waals surface area contributed by atoms with Gasteiger partial charge in [-0.05, 0) is 30.3 Å². The van der Waals surface area contributed by atoms with Gasteiger partial charge in [-0.2, -0.15) is 18.3 Å². The van der Waals surface area contributed by atoms with Crippen molar-refractivity contribution in [3.8, 4) is 11.3 Å². The zero-order valence-electron chi connectivity index (χ0n) is 15.9. The number of halogens is 4. The van der Waals surface area contributed by atoms with Crippen molar-refractivity contribution < 1.29 is 22.8 Å². The quantitative estimate of drug-likeness (QED) is 0.475. The number of alkyl halides is 3. The second-order valence-corrected chi connectivity index (χ2v) is 6.85. The average molecular weight is 453 g/mol. The third-order valence-electron chi connectivity index (χ3n) is 4.30. The molecule has 0 bridgehead atoms. The number of benzene rings is 2. The molecule has 3 amide bonds. The van der Waals surface area contributed by atoms with E-state index in [1.54, 1.807) is 19.2 Å². The summed E-state index contributed by atoms with van der Waals surface area (Å²) in [7, 11) is 1.56. The Labute approximate surface area is 179 Å². The fraction of sp³-hybridized carbons (Fsp3) is 0.105. The molecule has 0 aliphatic heterocycles. The van der Waals surface area contributed by atoms with Gasteiger partial charge in [0.25, 0.3) is 5.91 Å². The van der Waals surface area contributed by atoms with Gasteiger partial charge < -0.3 is 22.1 Å². The molecule has 0 aliphatic carbocycles. The number of rotatable bonds is 4. The minimum absolute atomic E-state index is 0.0507. The maximum Gasteiger partial charge on any atom is 0.416 e. The molecule has 0 saturated carbocycles. The molecular weight excluding hydrogens is 437 g/mol. The predicted octanol–water partition coefficient (Wildman–Crippen LogP) is 4.08. The molecule has 3 rings (SSSR count). The molecule has 6 N–H and O–H groups in total. The number of anilines is 3. The first kappa shape index (κ1) is 22.0. The Balaban J connectivity index is 1.76. The molecule has 31 heavy (non-hydrogen) atoms. The first-order valence-corrected chi connectivity index (χ1v) is 9.02. The van der Waals surface area contributed by atoms with Crippen molar-refractivity contribution in [2.45, 2.75) is 6.18 Å². The Kier molecular flexibility index (Phi) is 5.80. The van der Waals surface area contributed by atoms with E-state index >= 15 is 0 Å². The van der Waals surface area contributed by atoms with Crippen LogP contribution in [0.1, 0.15) is 15.9 Å². The maximum atomic E-state index is 12.9. The molecule has 8 nitrogen and oxygen atoms in total. The standard InChI is InChI=1S/C19H16ClF3N6O2/c1-29-16(24)14(17(25)30)15(28-29)9-2-5-11(6-3-9)26-18(31)27-13-8-10(19(21,22)23)4-7-12(13)20/h2-8H,24H2,1H3,(H2,25,30)(H2,26,27,31). The number of urea groups is 1. The lowest BCUT2D eigenvalue weighted by Crippen LogP contribution is -2.20. The van der Waals surface area contributed by atoms with Crippen LogP contribution in [0.2, 0.25) is 5.02 Å². The van der Waals surface area contributed by atoms with Crippen molar-refractivity contribution in [1.29, 1.82) is 0 Å². The van der Waals surface area contributed by atoms with Crippen LogP contribution in [-0.2, 0) is 13.2 Å². The first-order chi connectivity index (χ1) is 14.5.